The Hall–Kier alpha value is -3.45. The summed E-state index contributed by atoms with van der Waals surface area (Å²) in [6.45, 7) is 4.73. The van der Waals surface area contributed by atoms with E-state index in [0.717, 1.165) is 23.3 Å². The maximum atomic E-state index is 13.6. The molecule has 0 saturated carbocycles. The van der Waals surface area contributed by atoms with Crippen LogP contribution in [0.2, 0.25) is 0 Å². The number of carbonyl (C=O) groups excluding carboxylic acids is 1. The lowest BCUT2D eigenvalue weighted by molar-refractivity contribution is -0.136. The third-order valence-corrected chi connectivity index (χ3v) is 7.72. The number of allylic oxidation sites excluding steroid dienone is 1. The van der Waals surface area contributed by atoms with Crippen LogP contribution < -0.4 is 19.6 Å². The lowest BCUT2D eigenvalue weighted by Gasteiger charge is -2.24. The Bertz CT molecular complexity index is 1440. The van der Waals surface area contributed by atoms with Crippen molar-refractivity contribution >= 4 is 23.4 Å². The maximum absolute atomic E-state index is 13.6. The van der Waals surface area contributed by atoms with Gasteiger partial charge in [0.2, 0.25) is 0 Å². The average molecular weight is 533 g/mol. The Morgan fingerprint density at radius 1 is 1.00 bits per heavy atom. The highest BCUT2D eigenvalue weighted by Crippen LogP contribution is 2.30. The second-order valence-corrected chi connectivity index (χ2v) is 10.5. The number of nitrogens with zero attached hydrogens (tertiary/aromatic N) is 2. The number of ether oxygens (including phenoxy) is 2. The molecule has 1 unspecified atom stereocenters. The van der Waals surface area contributed by atoms with Crippen molar-refractivity contribution in [3.63, 3.8) is 0 Å². The summed E-state index contributed by atoms with van der Waals surface area (Å²) in [5.41, 5.74) is 2.48. The maximum Gasteiger partial charge on any atom is 0.338 e. The Morgan fingerprint density at radius 3 is 2.37 bits per heavy atom. The van der Waals surface area contributed by atoms with Crippen molar-refractivity contribution < 1.29 is 14.3 Å². The molecule has 6 nitrogen and oxygen atoms in total. The second-order valence-electron chi connectivity index (χ2n) is 9.52. The molecule has 1 aliphatic rings. The highest BCUT2D eigenvalue weighted by Gasteiger charge is 2.32. The Morgan fingerprint density at radius 2 is 1.68 bits per heavy atom. The molecule has 200 valence electrons. The molecule has 4 rings (SSSR count). The van der Waals surface area contributed by atoms with Gasteiger partial charge >= 0.3 is 5.97 Å². The van der Waals surface area contributed by atoms with Crippen LogP contribution in [0.4, 0.5) is 0 Å². The summed E-state index contributed by atoms with van der Waals surface area (Å²) in [4.78, 5) is 31.5. The molecule has 0 bridgehead atoms. The molecule has 0 radical (unpaired) electrons. The molecule has 0 spiro atoms. The van der Waals surface area contributed by atoms with Gasteiger partial charge in [-0.15, -0.1) is 0 Å². The van der Waals surface area contributed by atoms with Gasteiger partial charge in [-0.3, -0.25) is 9.36 Å². The van der Waals surface area contributed by atoms with E-state index in [4.69, 9.17) is 9.47 Å². The summed E-state index contributed by atoms with van der Waals surface area (Å²) in [5.74, 6) is 0.346. The number of benzene rings is 2. The van der Waals surface area contributed by atoms with E-state index in [9.17, 15) is 9.59 Å². The van der Waals surface area contributed by atoms with Gasteiger partial charge in [0.25, 0.3) is 5.56 Å². The third-order valence-electron chi connectivity index (χ3n) is 6.74. The number of aromatic nitrogens is 1. The number of esters is 1. The van der Waals surface area contributed by atoms with Crippen LogP contribution >= 0.6 is 11.3 Å². The molecule has 0 fully saturated rings. The molecule has 1 aromatic heterocycles. The van der Waals surface area contributed by atoms with Crippen molar-refractivity contribution in [3.05, 3.63) is 96.7 Å². The fourth-order valence-corrected chi connectivity index (χ4v) is 5.75. The zero-order valence-electron chi connectivity index (χ0n) is 22.4. The lowest BCUT2D eigenvalue weighted by atomic mass is 9.96. The van der Waals surface area contributed by atoms with Crippen molar-refractivity contribution in [3.8, 4) is 5.75 Å². The number of fused-ring (bicyclic) bond motifs is 1. The molecule has 2 heterocycles. The molecule has 3 aromatic rings. The van der Waals surface area contributed by atoms with Gasteiger partial charge in [-0.2, -0.15) is 0 Å². The molecule has 0 N–H and O–H groups in total. The van der Waals surface area contributed by atoms with Crippen LogP contribution in [0.5, 0.6) is 5.75 Å². The molecule has 0 amide bonds. The van der Waals surface area contributed by atoms with Gasteiger partial charge in [0.05, 0.1) is 35.6 Å². The monoisotopic (exact) mass is 532 g/mol. The van der Waals surface area contributed by atoms with Crippen LogP contribution in [0.1, 0.15) is 76.0 Å². The highest BCUT2D eigenvalue weighted by atomic mass is 32.1. The van der Waals surface area contributed by atoms with Gasteiger partial charge < -0.3 is 9.47 Å². The summed E-state index contributed by atoms with van der Waals surface area (Å²) in [7, 11) is 1.35. The van der Waals surface area contributed by atoms with Gasteiger partial charge in [0.1, 0.15) is 5.75 Å². The van der Waals surface area contributed by atoms with Gasteiger partial charge in [-0.05, 0) is 42.7 Å². The summed E-state index contributed by atoms with van der Waals surface area (Å²) in [6, 6.07) is 16.7. The molecule has 1 aliphatic heterocycles. The largest absolute Gasteiger partial charge is 0.494 e. The Kier molecular flexibility index (Phi) is 9.71. The molecular formula is C31H36N2O4S. The topological polar surface area (TPSA) is 69.9 Å². The number of hydrogen-bond acceptors (Lipinski definition) is 6. The van der Waals surface area contributed by atoms with Crippen LogP contribution in [0, 0.1) is 0 Å². The minimum absolute atomic E-state index is 0.184. The molecule has 0 aliphatic carbocycles. The predicted molar refractivity (Wildman–Crippen MR) is 152 cm³/mol. The van der Waals surface area contributed by atoms with E-state index >= 15 is 0 Å². The summed E-state index contributed by atoms with van der Waals surface area (Å²) in [5, 5.41) is 0. The normalized spacial score (nSPS) is 15.2. The van der Waals surface area contributed by atoms with Crippen molar-refractivity contribution in [2.75, 3.05) is 13.7 Å². The molecular weight excluding hydrogens is 496 g/mol. The number of unbranched alkanes of at least 4 members (excludes halogenated alkanes) is 6. The zero-order valence-corrected chi connectivity index (χ0v) is 23.3. The van der Waals surface area contributed by atoms with E-state index in [-0.39, 0.29) is 5.56 Å². The number of rotatable bonds is 12. The first-order valence-corrected chi connectivity index (χ1v) is 14.2. The average Bonchev–Trinajstić information content (AvgIpc) is 3.24. The minimum Gasteiger partial charge on any atom is -0.494 e. The fraction of sp³-hybridized carbons (Fsp3) is 0.387. The fourth-order valence-electron chi connectivity index (χ4n) is 4.70. The summed E-state index contributed by atoms with van der Waals surface area (Å²) < 4.78 is 13.1. The van der Waals surface area contributed by atoms with Crippen molar-refractivity contribution in [2.24, 2.45) is 4.99 Å². The minimum atomic E-state index is -0.593. The number of hydrogen-bond donors (Lipinski definition) is 0. The standard InChI is InChI=1S/C31H36N2O4S/c1-4-5-6-7-8-9-13-20-37-25-18-16-23(17-19-25)21-26-29(34)33-28(24-14-11-10-12-15-24)27(30(35)36-3)22(2)32-31(33)38-26/h10-12,14-19,21,28H,4-9,13,20H2,1-3H3. The van der Waals surface area contributed by atoms with Crippen LogP contribution in [-0.2, 0) is 9.53 Å². The van der Waals surface area contributed by atoms with Gasteiger partial charge in [0, 0.05) is 0 Å². The van der Waals surface area contributed by atoms with E-state index < -0.39 is 12.0 Å². The van der Waals surface area contributed by atoms with Gasteiger partial charge in [-0.1, -0.05) is 99.3 Å². The van der Waals surface area contributed by atoms with Crippen molar-refractivity contribution in [1.82, 2.24) is 4.57 Å². The smallest absolute Gasteiger partial charge is 0.338 e. The van der Waals surface area contributed by atoms with Crippen LogP contribution in [-0.4, -0.2) is 24.3 Å². The quantitative estimate of drug-likeness (QED) is 0.227. The second kappa shape index (κ2) is 13.4. The zero-order chi connectivity index (χ0) is 26.9. The Balaban J connectivity index is 1.52. The van der Waals surface area contributed by atoms with Crippen molar-refractivity contribution in [2.45, 2.75) is 64.8 Å². The van der Waals surface area contributed by atoms with Crippen LogP contribution in [0.3, 0.4) is 0 Å². The van der Waals surface area contributed by atoms with Crippen LogP contribution in [0.15, 0.2) is 75.7 Å². The number of carbonyl (C=O) groups is 1. The highest BCUT2D eigenvalue weighted by molar-refractivity contribution is 7.07. The number of thiazole rings is 1. The molecule has 2 aromatic carbocycles. The van der Waals surface area contributed by atoms with Crippen molar-refractivity contribution in [1.29, 1.82) is 0 Å². The molecule has 1 atom stereocenters. The Labute approximate surface area is 228 Å². The van der Waals surface area contributed by atoms with E-state index in [1.165, 1.54) is 57.0 Å². The SMILES string of the molecule is CCCCCCCCCOc1ccc(C=c2sc3n(c2=O)C(c2ccccc2)C(C(=O)OC)=C(C)N=3)cc1. The molecule has 0 saturated heterocycles. The van der Waals surface area contributed by atoms with Gasteiger partial charge in [0.15, 0.2) is 4.80 Å². The van der Waals surface area contributed by atoms with E-state index in [1.807, 2.05) is 60.7 Å². The first-order valence-electron chi connectivity index (χ1n) is 13.4. The first kappa shape index (κ1) is 27.6. The van der Waals surface area contributed by atoms with E-state index in [2.05, 4.69) is 11.9 Å². The lowest BCUT2D eigenvalue weighted by Crippen LogP contribution is -2.39. The van der Waals surface area contributed by atoms with Gasteiger partial charge in [-0.25, -0.2) is 9.79 Å². The first-order chi connectivity index (χ1) is 18.5. The molecule has 38 heavy (non-hydrogen) atoms. The van der Waals surface area contributed by atoms with E-state index in [1.54, 1.807) is 11.5 Å². The van der Waals surface area contributed by atoms with E-state index in [0.29, 0.717) is 27.2 Å². The third kappa shape index (κ3) is 6.51. The number of methoxy groups -OCH3 is 1. The summed E-state index contributed by atoms with van der Waals surface area (Å²) in [6.07, 6.45) is 10.6. The van der Waals surface area contributed by atoms with Crippen LogP contribution in [0.25, 0.3) is 6.08 Å². The molecule has 7 heteroatoms. The predicted octanol–water partition coefficient (Wildman–Crippen LogP) is 5.54. The summed E-state index contributed by atoms with van der Waals surface area (Å²) >= 11 is 1.32.